The molecular weight excluding hydrogens is 266 g/mol. The summed E-state index contributed by atoms with van der Waals surface area (Å²) in [6, 6.07) is 3.72. The Morgan fingerprint density at radius 3 is 2.88 bits per heavy atom. The van der Waals surface area contributed by atoms with Gasteiger partial charge in [0.25, 0.3) is 0 Å². The lowest BCUT2D eigenvalue weighted by molar-refractivity contribution is -0.137. The summed E-state index contributed by atoms with van der Waals surface area (Å²) < 4.78 is 1.58. The molecule has 0 spiro atoms. The number of hydrogen-bond acceptors (Lipinski definition) is 5. The Bertz CT molecular complexity index is 567. The lowest BCUT2D eigenvalue weighted by Crippen LogP contribution is -2.07. The highest BCUT2D eigenvalue weighted by Crippen LogP contribution is 2.38. The summed E-state index contributed by atoms with van der Waals surface area (Å²) in [7, 11) is 0. The van der Waals surface area contributed by atoms with Crippen LogP contribution in [0.4, 0.5) is 0 Å². The maximum Gasteiger partial charge on any atom is 0.323 e. The number of carbonyl (C=O) groups is 1. The van der Waals surface area contributed by atoms with Crippen LogP contribution in [0.3, 0.4) is 0 Å². The number of carboxylic acid groups (broad SMARTS) is 1. The van der Waals surface area contributed by atoms with E-state index in [1.54, 1.807) is 0 Å². The fraction of sp³-hybridized carbons (Fsp3) is 0.111. The summed E-state index contributed by atoms with van der Waals surface area (Å²) >= 11 is 7.71. The Labute approximate surface area is 104 Å². The predicted molar refractivity (Wildman–Crippen MR) is 65.8 cm³/mol. The van der Waals surface area contributed by atoms with Crippen molar-refractivity contribution in [1.29, 1.82) is 0 Å². The van der Waals surface area contributed by atoms with E-state index < -0.39 is 5.97 Å². The second-order valence-electron chi connectivity index (χ2n) is 2.98. The maximum atomic E-state index is 10.6. The van der Waals surface area contributed by atoms with Crippen LogP contribution < -0.4 is 0 Å². The molecule has 0 saturated heterocycles. The van der Waals surface area contributed by atoms with Gasteiger partial charge in [0.1, 0.15) is 11.4 Å². The van der Waals surface area contributed by atoms with Crippen molar-refractivity contribution in [3.63, 3.8) is 0 Å². The fourth-order valence-electron chi connectivity index (χ4n) is 1.24. The van der Waals surface area contributed by atoms with Crippen LogP contribution in [-0.2, 0) is 11.3 Å². The molecule has 0 fully saturated rings. The summed E-state index contributed by atoms with van der Waals surface area (Å²) in [5, 5.41) is 20.5. The second kappa shape index (κ2) is 4.36. The standard InChI is InChI=1S/C9H7NO3S3/c11-6(12)4-10-8(13)7(16-9(10)14)5-2-1-3-15-5/h1-3,13H,4H2,(H,11,12). The third-order valence-corrected chi connectivity index (χ3v) is 4.40. The molecule has 2 aromatic heterocycles. The van der Waals surface area contributed by atoms with E-state index in [0.29, 0.717) is 8.83 Å². The van der Waals surface area contributed by atoms with Gasteiger partial charge in [-0.05, 0) is 23.7 Å². The van der Waals surface area contributed by atoms with Gasteiger partial charge in [-0.25, -0.2) is 0 Å². The number of nitrogens with zero attached hydrogens (tertiary/aromatic N) is 1. The molecule has 0 aliphatic carbocycles. The molecule has 2 rings (SSSR count). The normalized spacial score (nSPS) is 10.5. The molecule has 84 valence electrons. The molecule has 0 atom stereocenters. The highest BCUT2D eigenvalue weighted by molar-refractivity contribution is 7.73. The molecule has 4 nitrogen and oxygen atoms in total. The van der Waals surface area contributed by atoms with Gasteiger partial charge in [0.15, 0.2) is 3.95 Å². The van der Waals surface area contributed by atoms with Gasteiger partial charge in [-0.3, -0.25) is 9.36 Å². The molecular formula is C9H7NO3S3. The summed E-state index contributed by atoms with van der Waals surface area (Å²) in [5.74, 6) is -1.10. The third-order valence-electron chi connectivity index (χ3n) is 1.91. The predicted octanol–water partition coefficient (Wildman–Crippen LogP) is 2.80. The number of carboxylic acids is 1. The van der Waals surface area contributed by atoms with Crippen molar-refractivity contribution in [3.05, 3.63) is 21.5 Å². The molecule has 0 aliphatic rings. The zero-order valence-corrected chi connectivity index (χ0v) is 10.4. The Balaban J connectivity index is 2.51. The average molecular weight is 273 g/mol. The first kappa shape index (κ1) is 11.3. The molecule has 2 heterocycles. The van der Waals surface area contributed by atoms with Crippen LogP contribution in [0, 0.1) is 3.95 Å². The second-order valence-corrected chi connectivity index (χ2v) is 5.57. The molecule has 0 unspecified atom stereocenters. The van der Waals surface area contributed by atoms with E-state index in [2.05, 4.69) is 0 Å². The van der Waals surface area contributed by atoms with E-state index in [9.17, 15) is 9.90 Å². The summed E-state index contributed by atoms with van der Waals surface area (Å²) in [6.45, 7) is -0.313. The number of aliphatic carboxylic acids is 1. The van der Waals surface area contributed by atoms with Gasteiger partial charge in [-0.2, -0.15) is 0 Å². The highest BCUT2D eigenvalue weighted by Gasteiger charge is 2.15. The Hall–Kier alpha value is -1.18. The number of thiophene rings is 1. The third kappa shape index (κ3) is 2.01. The fourth-order valence-corrected chi connectivity index (χ4v) is 3.38. The van der Waals surface area contributed by atoms with Gasteiger partial charge in [0.2, 0.25) is 5.88 Å². The first-order chi connectivity index (χ1) is 7.59. The lowest BCUT2D eigenvalue weighted by atomic mass is 10.4. The number of aromatic nitrogens is 1. The largest absolute Gasteiger partial charge is 0.493 e. The summed E-state index contributed by atoms with van der Waals surface area (Å²) in [5.41, 5.74) is 0. The molecule has 0 bridgehead atoms. The van der Waals surface area contributed by atoms with Gasteiger partial charge >= 0.3 is 5.97 Å². The molecule has 2 aromatic rings. The molecule has 2 N–H and O–H groups in total. The minimum absolute atomic E-state index is 0.0696. The van der Waals surface area contributed by atoms with Crippen LogP contribution in [0.2, 0.25) is 0 Å². The van der Waals surface area contributed by atoms with Crippen molar-refractivity contribution in [2.75, 3.05) is 0 Å². The van der Waals surface area contributed by atoms with Gasteiger partial charge in [-0.15, -0.1) is 11.3 Å². The average Bonchev–Trinajstić information content (AvgIpc) is 2.80. The molecule has 0 amide bonds. The molecule has 0 aromatic carbocycles. The number of aromatic hydroxyl groups is 1. The van der Waals surface area contributed by atoms with Crippen LogP contribution in [0.25, 0.3) is 9.75 Å². The Morgan fingerprint density at radius 2 is 2.31 bits per heavy atom. The van der Waals surface area contributed by atoms with Crippen LogP contribution in [0.15, 0.2) is 17.5 Å². The van der Waals surface area contributed by atoms with Crippen molar-refractivity contribution in [1.82, 2.24) is 4.57 Å². The summed E-state index contributed by atoms with van der Waals surface area (Å²) in [6.07, 6.45) is 0. The Morgan fingerprint density at radius 1 is 1.56 bits per heavy atom. The van der Waals surface area contributed by atoms with E-state index in [1.807, 2.05) is 17.5 Å². The molecule has 0 aliphatic heterocycles. The van der Waals surface area contributed by atoms with Crippen molar-refractivity contribution < 1.29 is 15.0 Å². The topological polar surface area (TPSA) is 62.5 Å². The van der Waals surface area contributed by atoms with Gasteiger partial charge in [-0.1, -0.05) is 17.4 Å². The van der Waals surface area contributed by atoms with Gasteiger partial charge in [0.05, 0.1) is 0 Å². The zero-order valence-electron chi connectivity index (χ0n) is 7.91. The van der Waals surface area contributed by atoms with Gasteiger partial charge in [0, 0.05) is 4.88 Å². The van der Waals surface area contributed by atoms with Crippen molar-refractivity contribution >= 4 is 40.9 Å². The van der Waals surface area contributed by atoms with E-state index in [0.717, 1.165) is 4.88 Å². The lowest BCUT2D eigenvalue weighted by Gasteiger charge is -2.00. The van der Waals surface area contributed by atoms with Gasteiger partial charge < -0.3 is 10.2 Å². The minimum atomic E-state index is -1.03. The number of rotatable bonds is 3. The van der Waals surface area contributed by atoms with Crippen molar-refractivity contribution in [2.24, 2.45) is 0 Å². The monoisotopic (exact) mass is 273 g/mol. The highest BCUT2D eigenvalue weighted by atomic mass is 32.1. The Kier molecular flexibility index (Phi) is 3.08. The van der Waals surface area contributed by atoms with Crippen LogP contribution >= 0.6 is 34.9 Å². The van der Waals surface area contributed by atoms with E-state index in [4.69, 9.17) is 17.3 Å². The first-order valence-corrected chi connectivity index (χ1v) is 6.38. The number of thiazole rings is 1. The smallest absolute Gasteiger partial charge is 0.323 e. The summed E-state index contributed by atoms with van der Waals surface area (Å²) in [4.78, 5) is 12.1. The van der Waals surface area contributed by atoms with Crippen LogP contribution in [-0.4, -0.2) is 20.7 Å². The van der Waals surface area contributed by atoms with E-state index in [-0.39, 0.29) is 12.4 Å². The molecule has 7 heteroatoms. The number of hydrogen-bond donors (Lipinski definition) is 2. The van der Waals surface area contributed by atoms with Crippen LogP contribution in [0.5, 0.6) is 5.88 Å². The van der Waals surface area contributed by atoms with Crippen molar-refractivity contribution in [3.8, 4) is 15.6 Å². The minimum Gasteiger partial charge on any atom is -0.493 e. The first-order valence-electron chi connectivity index (χ1n) is 4.28. The van der Waals surface area contributed by atoms with E-state index in [1.165, 1.54) is 27.2 Å². The van der Waals surface area contributed by atoms with Crippen molar-refractivity contribution in [2.45, 2.75) is 6.54 Å². The molecule has 16 heavy (non-hydrogen) atoms. The van der Waals surface area contributed by atoms with E-state index >= 15 is 0 Å². The zero-order chi connectivity index (χ0) is 11.7. The quantitative estimate of drug-likeness (QED) is 0.844. The molecule has 0 radical (unpaired) electrons. The SMILES string of the molecule is O=C(O)Cn1c(O)c(-c2cccs2)sc1=S. The maximum absolute atomic E-state index is 10.6. The van der Waals surface area contributed by atoms with Crippen LogP contribution in [0.1, 0.15) is 0 Å². The molecule has 0 saturated carbocycles.